The molecule has 0 bridgehead atoms. The zero-order valence-corrected chi connectivity index (χ0v) is 16.3. The third kappa shape index (κ3) is 4.47. The molecule has 3 aromatic rings. The number of nitrogens with zero attached hydrogens (tertiary/aromatic N) is 3. The van der Waals surface area contributed by atoms with Gasteiger partial charge in [0.1, 0.15) is 22.4 Å². The Morgan fingerprint density at radius 1 is 1.11 bits per heavy atom. The van der Waals surface area contributed by atoms with E-state index < -0.39 is 5.78 Å². The van der Waals surface area contributed by atoms with Crippen molar-refractivity contribution in [2.45, 2.75) is 6.54 Å². The zero-order chi connectivity index (χ0) is 19.4. The van der Waals surface area contributed by atoms with Gasteiger partial charge < -0.3 is 10.1 Å². The van der Waals surface area contributed by atoms with Crippen LogP contribution in [0.4, 0.5) is 5.82 Å². The maximum Gasteiger partial charge on any atom is 0.216 e. The second kappa shape index (κ2) is 8.52. The van der Waals surface area contributed by atoms with Crippen molar-refractivity contribution in [2.24, 2.45) is 0 Å². The van der Waals surface area contributed by atoms with E-state index in [2.05, 4.69) is 20.3 Å². The van der Waals surface area contributed by atoms with Gasteiger partial charge in [0.2, 0.25) is 5.78 Å². The molecule has 2 heterocycles. The highest BCUT2D eigenvalue weighted by molar-refractivity contribution is 6.39. The highest BCUT2D eigenvalue weighted by Crippen LogP contribution is 2.27. The number of carbonyl (C=O) groups excluding carboxylic acids is 1. The molecule has 6 nitrogen and oxygen atoms in total. The molecular formula is C18H13Cl3N4O2. The summed E-state index contributed by atoms with van der Waals surface area (Å²) in [5, 5.41) is 3.29. The van der Waals surface area contributed by atoms with Gasteiger partial charge in [-0.3, -0.25) is 4.79 Å². The fourth-order valence-corrected chi connectivity index (χ4v) is 2.96. The van der Waals surface area contributed by atoms with Crippen molar-refractivity contribution < 1.29 is 9.53 Å². The summed E-state index contributed by atoms with van der Waals surface area (Å²) in [4.78, 5) is 24.7. The van der Waals surface area contributed by atoms with Crippen LogP contribution in [0.1, 0.15) is 21.6 Å². The van der Waals surface area contributed by atoms with E-state index in [0.29, 0.717) is 12.4 Å². The fraction of sp³-hybridized carbons (Fsp3) is 0.111. The van der Waals surface area contributed by atoms with E-state index in [0.717, 1.165) is 11.3 Å². The van der Waals surface area contributed by atoms with Gasteiger partial charge in [0.05, 0.1) is 18.3 Å². The molecule has 0 aliphatic carbocycles. The highest BCUT2D eigenvalue weighted by Gasteiger charge is 2.20. The lowest BCUT2D eigenvalue weighted by molar-refractivity contribution is 0.103. The van der Waals surface area contributed by atoms with E-state index in [1.807, 2.05) is 24.3 Å². The number of carbonyl (C=O) groups is 1. The Morgan fingerprint density at radius 3 is 2.52 bits per heavy atom. The fourth-order valence-electron chi connectivity index (χ4n) is 2.30. The number of aromatic nitrogens is 3. The summed E-state index contributed by atoms with van der Waals surface area (Å²) in [6.07, 6.45) is 2.73. The molecule has 0 unspecified atom stereocenters. The Hall–Kier alpha value is -2.41. The highest BCUT2D eigenvalue weighted by atomic mass is 35.5. The quantitative estimate of drug-likeness (QED) is 0.580. The van der Waals surface area contributed by atoms with Gasteiger partial charge in [0, 0.05) is 18.3 Å². The molecule has 2 aromatic heterocycles. The summed E-state index contributed by atoms with van der Waals surface area (Å²) in [7, 11) is 1.61. The van der Waals surface area contributed by atoms with Crippen LogP contribution in [0.15, 0.2) is 42.7 Å². The number of methoxy groups -OCH3 is 1. The van der Waals surface area contributed by atoms with E-state index in [9.17, 15) is 4.79 Å². The Bertz CT molecular complexity index is 981. The first-order valence-corrected chi connectivity index (χ1v) is 8.87. The average Bonchev–Trinajstić information content (AvgIpc) is 2.67. The number of benzene rings is 1. The van der Waals surface area contributed by atoms with Gasteiger partial charge >= 0.3 is 0 Å². The molecule has 1 aromatic carbocycles. The Balaban J connectivity index is 1.81. The number of hydrogen-bond donors (Lipinski definition) is 1. The van der Waals surface area contributed by atoms with Crippen molar-refractivity contribution >= 4 is 46.4 Å². The number of anilines is 1. The van der Waals surface area contributed by atoms with E-state index in [-0.39, 0.29) is 26.6 Å². The Labute approximate surface area is 170 Å². The molecule has 1 N–H and O–H groups in total. The maximum absolute atomic E-state index is 12.7. The number of pyridine rings is 1. The molecule has 27 heavy (non-hydrogen) atoms. The molecule has 0 radical (unpaired) electrons. The van der Waals surface area contributed by atoms with Gasteiger partial charge in [0.25, 0.3) is 0 Å². The van der Waals surface area contributed by atoms with Crippen LogP contribution in [-0.4, -0.2) is 27.8 Å². The Kier molecular flexibility index (Phi) is 6.11. The van der Waals surface area contributed by atoms with Crippen LogP contribution in [0.2, 0.25) is 15.3 Å². The second-order valence-corrected chi connectivity index (χ2v) is 6.51. The lowest BCUT2D eigenvalue weighted by Gasteiger charge is -2.11. The van der Waals surface area contributed by atoms with Crippen LogP contribution in [0.3, 0.4) is 0 Å². The van der Waals surface area contributed by atoms with Crippen molar-refractivity contribution in [1.29, 1.82) is 0 Å². The maximum atomic E-state index is 12.7. The predicted molar refractivity (Wildman–Crippen MR) is 105 cm³/mol. The summed E-state index contributed by atoms with van der Waals surface area (Å²) in [6.45, 7) is 0.468. The third-order valence-electron chi connectivity index (χ3n) is 3.67. The molecule has 0 saturated heterocycles. The van der Waals surface area contributed by atoms with Crippen molar-refractivity contribution in [3.8, 4) is 5.75 Å². The van der Waals surface area contributed by atoms with Crippen LogP contribution in [-0.2, 0) is 6.54 Å². The van der Waals surface area contributed by atoms with E-state index >= 15 is 0 Å². The van der Waals surface area contributed by atoms with E-state index in [1.54, 1.807) is 7.11 Å². The minimum Gasteiger partial charge on any atom is -0.497 e. The average molecular weight is 424 g/mol. The number of halogens is 3. The summed E-state index contributed by atoms with van der Waals surface area (Å²) in [6, 6.07) is 9.03. The van der Waals surface area contributed by atoms with Gasteiger partial charge in [-0.2, -0.15) is 0 Å². The molecule has 138 valence electrons. The largest absolute Gasteiger partial charge is 0.497 e. The number of nitrogens with one attached hydrogen (secondary N) is 1. The van der Waals surface area contributed by atoms with Crippen molar-refractivity contribution in [2.75, 3.05) is 12.4 Å². The second-order valence-electron chi connectivity index (χ2n) is 5.38. The molecular weight excluding hydrogens is 411 g/mol. The lowest BCUT2D eigenvalue weighted by Crippen LogP contribution is -2.09. The molecule has 0 amide bonds. The van der Waals surface area contributed by atoms with Crippen LogP contribution in [0.25, 0.3) is 0 Å². The molecule has 3 rings (SSSR count). The molecule has 0 saturated carbocycles. The first-order chi connectivity index (χ1) is 13.0. The molecule has 0 spiro atoms. The van der Waals surface area contributed by atoms with E-state index in [4.69, 9.17) is 39.5 Å². The van der Waals surface area contributed by atoms with Crippen LogP contribution in [0, 0.1) is 0 Å². The molecule has 0 atom stereocenters. The topological polar surface area (TPSA) is 77.0 Å². The number of rotatable bonds is 6. The zero-order valence-electron chi connectivity index (χ0n) is 14.0. The summed E-state index contributed by atoms with van der Waals surface area (Å²) in [5.41, 5.74) is 1.18. The third-order valence-corrected chi connectivity index (χ3v) is 4.50. The Morgan fingerprint density at radius 2 is 1.85 bits per heavy atom. The number of ether oxygens (including phenoxy) is 1. The number of ketones is 1. The summed E-state index contributed by atoms with van der Waals surface area (Å²) in [5.74, 6) is 0.670. The van der Waals surface area contributed by atoms with Crippen molar-refractivity contribution in [1.82, 2.24) is 15.0 Å². The van der Waals surface area contributed by atoms with Crippen LogP contribution >= 0.6 is 34.8 Å². The first kappa shape index (κ1) is 19.4. The van der Waals surface area contributed by atoms with Gasteiger partial charge in [-0.1, -0.05) is 46.9 Å². The van der Waals surface area contributed by atoms with Gasteiger partial charge in [0.15, 0.2) is 5.15 Å². The summed E-state index contributed by atoms with van der Waals surface area (Å²) >= 11 is 18.1. The lowest BCUT2D eigenvalue weighted by atomic mass is 10.1. The van der Waals surface area contributed by atoms with Crippen molar-refractivity contribution in [3.63, 3.8) is 0 Å². The van der Waals surface area contributed by atoms with Crippen LogP contribution < -0.4 is 10.1 Å². The van der Waals surface area contributed by atoms with Crippen LogP contribution in [0.5, 0.6) is 5.75 Å². The monoisotopic (exact) mass is 422 g/mol. The van der Waals surface area contributed by atoms with Crippen molar-refractivity contribution in [3.05, 3.63) is 74.9 Å². The standard InChI is InChI=1S/C18H13Cl3N4O2/c1-27-11-4-2-10(3-5-11)8-24-18-14(20)12(6-7-22-18)16(26)15-17(21)25-13(19)9-23-15/h2-7,9H,8H2,1H3,(H,22,24). The SMILES string of the molecule is COc1ccc(CNc2nccc(C(=O)c3ncc(Cl)nc3Cl)c2Cl)cc1. The minimum absolute atomic E-state index is 0.0322. The summed E-state index contributed by atoms with van der Waals surface area (Å²) < 4.78 is 5.13. The van der Waals surface area contributed by atoms with Gasteiger partial charge in [-0.15, -0.1) is 0 Å². The van der Waals surface area contributed by atoms with Gasteiger partial charge in [-0.05, 0) is 23.8 Å². The molecule has 0 aliphatic rings. The first-order valence-electron chi connectivity index (χ1n) is 7.73. The number of hydrogen-bond acceptors (Lipinski definition) is 6. The van der Waals surface area contributed by atoms with Gasteiger partial charge in [-0.25, -0.2) is 15.0 Å². The molecule has 9 heteroatoms. The minimum atomic E-state index is -0.468. The smallest absolute Gasteiger partial charge is 0.216 e. The molecule has 0 fully saturated rings. The molecule has 0 aliphatic heterocycles. The normalized spacial score (nSPS) is 10.5. The predicted octanol–water partition coefficient (Wildman–Crippen LogP) is 4.68. The van der Waals surface area contributed by atoms with E-state index in [1.165, 1.54) is 18.5 Å².